The molecule has 0 radical (unpaired) electrons. The lowest BCUT2D eigenvalue weighted by molar-refractivity contribution is 0.317. The van der Waals surface area contributed by atoms with Gasteiger partial charge in [0, 0.05) is 39.0 Å². The molecule has 1 N–H and O–H groups in total. The van der Waals surface area contributed by atoms with Crippen molar-refractivity contribution in [2.24, 2.45) is 5.16 Å². The highest BCUT2D eigenvalue weighted by Gasteiger charge is 2.21. The third kappa shape index (κ3) is 4.25. The highest BCUT2D eigenvalue weighted by molar-refractivity contribution is 9.10. The van der Waals surface area contributed by atoms with Gasteiger partial charge in [-0.25, -0.2) is 0 Å². The zero-order valence-corrected chi connectivity index (χ0v) is 18.7. The SMILES string of the molecule is Cc1ccccc1C(C/C(=N\O)c1ccnc2cc(Cl)ccc12)c1ccc(Br)cc1. The summed E-state index contributed by atoms with van der Waals surface area (Å²) >= 11 is 9.65. The number of rotatable bonds is 5. The van der Waals surface area contributed by atoms with Gasteiger partial charge < -0.3 is 5.21 Å². The number of pyridine rings is 1. The molecule has 30 heavy (non-hydrogen) atoms. The molecule has 0 spiro atoms. The molecule has 3 aromatic carbocycles. The summed E-state index contributed by atoms with van der Waals surface area (Å²) < 4.78 is 1.03. The van der Waals surface area contributed by atoms with Crippen molar-refractivity contribution in [3.8, 4) is 0 Å². The van der Waals surface area contributed by atoms with Crippen LogP contribution >= 0.6 is 27.5 Å². The Bertz CT molecular complexity index is 1220. The van der Waals surface area contributed by atoms with E-state index in [2.05, 4.69) is 57.3 Å². The molecule has 4 rings (SSSR count). The fourth-order valence-corrected chi connectivity index (χ4v) is 4.28. The van der Waals surface area contributed by atoms with E-state index in [1.807, 2.05) is 48.5 Å². The monoisotopic (exact) mass is 478 g/mol. The summed E-state index contributed by atoms with van der Waals surface area (Å²) in [5.41, 5.74) is 5.82. The highest BCUT2D eigenvalue weighted by Crippen LogP contribution is 2.33. The first-order valence-corrected chi connectivity index (χ1v) is 10.8. The van der Waals surface area contributed by atoms with Crippen LogP contribution in [0.1, 0.15) is 34.6 Å². The van der Waals surface area contributed by atoms with Gasteiger partial charge in [-0.05, 0) is 53.9 Å². The summed E-state index contributed by atoms with van der Waals surface area (Å²) in [6, 6.07) is 24.1. The zero-order valence-electron chi connectivity index (χ0n) is 16.4. The fraction of sp³-hybridized carbons (Fsp3) is 0.120. The molecule has 5 heteroatoms. The molecular weight excluding hydrogens is 460 g/mol. The van der Waals surface area contributed by atoms with Crippen molar-refractivity contribution in [2.45, 2.75) is 19.3 Å². The van der Waals surface area contributed by atoms with Crippen LogP contribution in [0, 0.1) is 6.92 Å². The van der Waals surface area contributed by atoms with E-state index in [0.29, 0.717) is 17.2 Å². The first-order chi connectivity index (χ1) is 14.6. The zero-order chi connectivity index (χ0) is 21.1. The number of hydrogen-bond donors (Lipinski definition) is 1. The minimum atomic E-state index is 0.0423. The molecule has 1 unspecified atom stereocenters. The summed E-state index contributed by atoms with van der Waals surface area (Å²) in [4.78, 5) is 4.41. The van der Waals surface area contributed by atoms with Gasteiger partial charge in [-0.1, -0.05) is 75.2 Å². The second-order valence-corrected chi connectivity index (χ2v) is 8.58. The van der Waals surface area contributed by atoms with Crippen molar-refractivity contribution in [2.75, 3.05) is 0 Å². The van der Waals surface area contributed by atoms with E-state index in [1.165, 1.54) is 11.1 Å². The van der Waals surface area contributed by atoms with E-state index in [9.17, 15) is 5.21 Å². The predicted molar refractivity (Wildman–Crippen MR) is 127 cm³/mol. The standard InChI is InChI=1S/C25H20BrClN2O/c1-16-4-2-3-5-20(16)23(17-6-8-18(26)9-7-17)15-25(29-30)22-12-13-28-24-14-19(27)10-11-21(22)24/h2-14,23,30H,15H2,1H3/b29-25+. The normalized spacial score (nSPS) is 12.8. The van der Waals surface area contributed by atoms with E-state index in [1.54, 1.807) is 6.20 Å². The largest absolute Gasteiger partial charge is 0.411 e. The Hall–Kier alpha value is -2.69. The van der Waals surface area contributed by atoms with E-state index >= 15 is 0 Å². The molecule has 0 saturated carbocycles. The Balaban J connectivity index is 1.81. The van der Waals surface area contributed by atoms with Crippen molar-refractivity contribution < 1.29 is 5.21 Å². The van der Waals surface area contributed by atoms with Crippen LogP contribution in [-0.2, 0) is 0 Å². The number of oxime groups is 1. The van der Waals surface area contributed by atoms with Gasteiger partial charge in [-0.2, -0.15) is 0 Å². The lowest BCUT2D eigenvalue weighted by atomic mass is 9.83. The average Bonchev–Trinajstić information content (AvgIpc) is 2.76. The molecule has 0 amide bonds. The first-order valence-electron chi connectivity index (χ1n) is 9.63. The Morgan fingerprint density at radius 1 is 1.07 bits per heavy atom. The van der Waals surface area contributed by atoms with Crippen molar-refractivity contribution in [3.05, 3.63) is 111 Å². The first kappa shape index (κ1) is 20.6. The van der Waals surface area contributed by atoms with Crippen LogP contribution < -0.4 is 0 Å². The molecule has 1 heterocycles. The predicted octanol–water partition coefficient (Wildman–Crippen LogP) is 7.36. The Kier molecular flexibility index (Phi) is 6.16. The quantitative estimate of drug-likeness (QED) is 0.185. The van der Waals surface area contributed by atoms with Crippen LogP contribution in [0.4, 0.5) is 0 Å². The van der Waals surface area contributed by atoms with E-state index < -0.39 is 0 Å². The number of aromatic nitrogens is 1. The van der Waals surface area contributed by atoms with Crippen LogP contribution in [0.3, 0.4) is 0 Å². The average molecular weight is 480 g/mol. The van der Waals surface area contributed by atoms with Gasteiger partial charge in [0.1, 0.15) is 0 Å². The fourth-order valence-electron chi connectivity index (χ4n) is 3.85. The smallest absolute Gasteiger partial charge is 0.0884 e. The maximum absolute atomic E-state index is 9.98. The van der Waals surface area contributed by atoms with Gasteiger partial charge >= 0.3 is 0 Å². The second-order valence-electron chi connectivity index (χ2n) is 7.23. The van der Waals surface area contributed by atoms with Crippen molar-refractivity contribution in [1.29, 1.82) is 0 Å². The summed E-state index contributed by atoms with van der Waals surface area (Å²) in [6.07, 6.45) is 2.27. The molecule has 1 aromatic heterocycles. The maximum Gasteiger partial charge on any atom is 0.0884 e. The molecule has 0 saturated heterocycles. The van der Waals surface area contributed by atoms with Gasteiger partial charge in [0.2, 0.25) is 0 Å². The maximum atomic E-state index is 9.98. The highest BCUT2D eigenvalue weighted by atomic mass is 79.9. The van der Waals surface area contributed by atoms with E-state index in [-0.39, 0.29) is 5.92 Å². The van der Waals surface area contributed by atoms with Gasteiger partial charge in [0.25, 0.3) is 0 Å². The lowest BCUT2D eigenvalue weighted by Crippen LogP contribution is -2.12. The molecule has 3 nitrogen and oxygen atoms in total. The minimum absolute atomic E-state index is 0.0423. The third-order valence-electron chi connectivity index (χ3n) is 5.37. The van der Waals surface area contributed by atoms with Crippen LogP contribution in [-0.4, -0.2) is 15.9 Å². The number of halogens is 2. The van der Waals surface area contributed by atoms with E-state index in [0.717, 1.165) is 26.5 Å². The number of aryl methyl sites for hydroxylation is 1. The van der Waals surface area contributed by atoms with Crippen molar-refractivity contribution in [1.82, 2.24) is 4.98 Å². The van der Waals surface area contributed by atoms with E-state index in [4.69, 9.17) is 11.6 Å². The second kappa shape index (κ2) is 8.99. The molecule has 0 aliphatic rings. The summed E-state index contributed by atoms with van der Waals surface area (Å²) in [5, 5.41) is 15.2. The molecule has 0 bridgehead atoms. The Morgan fingerprint density at radius 3 is 2.57 bits per heavy atom. The van der Waals surface area contributed by atoms with Crippen LogP contribution in [0.15, 0.2) is 88.6 Å². The molecule has 150 valence electrons. The number of hydrogen-bond acceptors (Lipinski definition) is 3. The van der Waals surface area contributed by atoms with Crippen molar-refractivity contribution in [3.63, 3.8) is 0 Å². The topological polar surface area (TPSA) is 45.5 Å². The number of nitrogens with zero attached hydrogens (tertiary/aromatic N) is 2. The van der Waals surface area contributed by atoms with Gasteiger partial charge in [-0.15, -0.1) is 0 Å². The molecular formula is C25H20BrClN2O. The summed E-state index contributed by atoms with van der Waals surface area (Å²) in [7, 11) is 0. The van der Waals surface area contributed by atoms with Gasteiger partial charge in [0.05, 0.1) is 11.2 Å². The van der Waals surface area contributed by atoms with Gasteiger partial charge in [-0.3, -0.25) is 4.98 Å². The van der Waals surface area contributed by atoms with Crippen LogP contribution in [0.25, 0.3) is 10.9 Å². The van der Waals surface area contributed by atoms with Crippen LogP contribution in [0.2, 0.25) is 5.02 Å². The molecule has 1 atom stereocenters. The summed E-state index contributed by atoms with van der Waals surface area (Å²) in [6.45, 7) is 2.11. The van der Waals surface area contributed by atoms with Crippen LogP contribution in [0.5, 0.6) is 0 Å². The molecule has 0 fully saturated rings. The number of benzene rings is 3. The Labute approximate surface area is 189 Å². The number of fused-ring (bicyclic) bond motifs is 1. The summed E-state index contributed by atoms with van der Waals surface area (Å²) in [5.74, 6) is 0.0423. The molecule has 0 aliphatic carbocycles. The van der Waals surface area contributed by atoms with Crippen molar-refractivity contribution >= 4 is 44.1 Å². The lowest BCUT2D eigenvalue weighted by Gasteiger charge is -2.21. The van der Waals surface area contributed by atoms with Gasteiger partial charge in [0.15, 0.2) is 0 Å². The minimum Gasteiger partial charge on any atom is -0.411 e. The third-order valence-corrected chi connectivity index (χ3v) is 6.13. The Morgan fingerprint density at radius 2 is 1.83 bits per heavy atom. The molecule has 0 aliphatic heterocycles. The molecule has 4 aromatic rings.